The summed E-state index contributed by atoms with van der Waals surface area (Å²) in [6, 6.07) is 13.6. The van der Waals surface area contributed by atoms with Gasteiger partial charge in [-0.1, -0.05) is 6.07 Å². The van der Waals surface area contributed by atoms with Crippen molar-refractivity contribution in [2.75, 3.05) is 13.7 Å². The number of carbonyl (C=O) groups excluding carboxylic acids is 1. The Morgan fingerprint density at radius 1 is 1.16 bits per heavy atom. The van der Waals surface area contributed by atoms with Crippen LogP contribution in [-0.2, 0) is 26.6 Å². The minimum Gasteiger partial charge on any atom is -0.497 e. The van der Waals surface area contributed by atoms with Gasteiger partial charge >= 0.3 is 0 Å². The third-order valence-corrected chi connectivity index (χ3v) is 7.08. The van der Waals surface area contributed by atoms with Crippen LogP contribution in [-0.4, -0.2) is 58.6 Å². The Balaban J connectivity index is 1.32. The minimum atomic E-state index is -0.0205. The number of methoxy groups -OCH3 is 1. The Morgan fingerprint density at radius 3 is 2.84 bits per heavy atom. The van der Waals surface area contributed by atoms with E-state index < -0.39 is 0 Å². The maximum atomic E-state index is 13.6. The van der Waals surface area contributed by atoms with Crippen LogP contribution in [0.2, 0.25) is 0 Å². The molecule has 0 bridgehead atoms. The summed E-state index contributed by atoms with van der Waals surface area (Å²) < 4.78 is 11.3. The van der Waals surface area contributed by atoms with E-state index in [1.54, 1.807) is 13.4 Å². The molecule has 0 atom stereocenters. The Hall–Kier alpha value is -4.47. The van der Waals surface area contributed by atoms with Gasteiger partial charge in [-0.2, -0.15) is 5.10 Å². The number of nitrogens with zero attached hydrogens (tertiary/aromatic N) is 8. The molecule has 0 fully saturated rings. The number of imidazole rings is 1. The minimum absolute atomic E-state index is 0.0205. The number of hydrogen-bond donors (Lipinski definition) is 0. The Kier molecular flexibility index (Phi) is 5.51. The zero-order chi connectivity index (χ0) is 25.7. The van der Waals surface area contributed by atoms with Gasteiger partial charge in [0.25, 0.3) is 5.91 Å². The van der Waals surface area contributed by atoms with E-state index in [2.05, 4.69) is 14.8 Å². The first-order valence-electron chi connectivity index (χ1n) is 12.3. The maximum absolute atomic E-state index is 13.6. The number of ether oxygens (including phenoxy) is 1. The SMILES string of the molecule is CCn1cnnc1-c1nn(C)c2c1CN(C(=O)c1ccc3c(c1)nc(C)n3-c1cccc(OC)c1)CC2. The molecule has 0 saturated carbocycles. The molecule has 0 saturated heterocycles. The summed E-state index contributed by atoms with van der Waals surface area (Å²) >= 11 is 0. The van der Waals surface area contributed by atoms with Gasteiger partial charge in [0.15, 0.2) is 5.82 Å². The monoisotopic (exact) mass is 496 g/mol. The summed E-state index contributed by atoms with van der Waals surface area (Å²) in [7, 11) is 3.60. The fourth-order valence-electron chi connectivity index (χ4n) is 5.21. The number of aryl methyl sites for hydroxylation is 3. The van der Waals surface area contributed by atoms with Crippen molar-refractivity contribution in [3.8, 4) is 23.0 Å². The van der Waals surface area contributed by atoms with Crippen LogP contribution in [0.5, 0.6) is 5.75 Å². The predicted molar refractivity (Wildman–Crippen MR) is 139 cm³/mol. The van der Waals surface area contributed by atoms with Crippen LogP contribution in [0, 0.1) is 6.92 Å². The molecule has 0 unspecified atom stereocenters. The average molecular weight is 497 g/mol. The molecule has 10 heteroatoms. The second-order valence-corrected chi connectivity index (χ2v) is 9.21. The van der Waals surface area contributed by atoms with Crippen molar-refractivity contribution in [2.45, 2.75) is 33.4 Å². The number of benzene rings is 2. The van der Waals surface area contributed by atoms with Gasteiger partial charge in [0.05, 0.1) is 30.4 Å². The van der Waals surface area contributed by atoms with Gasteiger partial charge in [0.2, 0.25) is 0 Å². The van der Waals surface area contributed by atoms with Crippen LogP contribution in [0.15, 0.2) is 48.8 Å². The van der Waals surface area contributed by atoms with Crippen LogP contribution in [0.1, 0.15) is 34.4 Å². The number of aromatic nitrogens is 7. The second-order valence-electron chi connectivity index (χ2n) is 9.21. The first-order valence-corrected chi connectivity index (χ1v) is 12.3. The van der Waals surface area contributed by atoms with Crippen LogP contribution in [0.3, 0.4) is 0 Å². The van der Waals surface area contributed by atoms with Crippen molar-refractivity contribution in [2.24, 2.45) is 7.05 Å². The molecule has 0 N–H and O–H groups in total. The van der Waals surface area contributed by atoms with Gasteiger partial charge in [-0.05, 0) is 44.2 Å². The van der Waals surface area contributed by atoms with Crippen LogP contribution in [0.25, 0.3) is 28.2 Å². The van der Waals surface area contributed by atoms with E-state index in [1.807, 2.05) is 77.5 Å². The molecule has 188 valence electrons. The quantitative estimate of drug-likeness (QED) is 0.369. The molecule has 1 amide bonds. The number of rotatable bonds is 5. The molecule has 2 aromatic carbocycles. The Labute approximate surface area is 214 Å². The summed E-state index contributed by atoms with van der Waals surface area (Å²) in [5.41, 5.74) is 6.26. The molecule has 37 heavy (non-hydrogen) atoms. The number of carbonyl (C=O) groups is 1. The van der Waals surface area contributed by atoms with E-state index in [4.69, 9.17) is 14.8 Å². The highest BCUT2D eigenvalue weighted by molar-refractivity contribution is 5.98. The van der Waals surface area contributed by atoms with E-state index in [0.717, 1.165) is 64.0 Å². The molecule has 0 spiro atoms. The molecule has 5 aromatic rings. The van der Waals surface area contributed by atoms with Gasteiger partial charge < -0.3 is 14.2 Å². The van der Waals surface area contributed by atoms with Crippen molar-refractivity contribution in [1.29, 1.82) is 0 Å². The van der Waals surface area contributed by atoms with E-state index in [0.29, 0.717) is 18.7 Å². The lowest BCUT2D eigenvalue weighted by atomic mass is 10.0. The van der Waals surface area contributed by atoms with Gasteiger partial charge in [0.1, 0.15) is 23.6 Å². The first kappa shape index (κ1) is 23.0. The molecule has 0 aliphatic carbocycles. The molecule has 4 heterocycles. The van der Waals surface area contributed by atoms with E-state index in [9.17, 15) is 4.79 Å². The maximum Gasteiger partial charge on any atom is 0.254 e. The number of hydrogen-bond acceptors (Lipinski definition) is 6. The molecular formula is C27H28N8O2. The molecule has 6 rings (SSSR count). The molecule has 3 aromatic heterocycles. The van der Waals surface area contributed by atoms with Crippen molar-refractivity contribution in [3.05, 3.63) is 71.4 Å². The zero-order valence-electron chi connectivity index (χ0n) is 21.3. The lowest BCUT2D eigenvalue weighted by molar-refractivity contribution is 0.0734. The molecular weight excluding hydrogens is 468 g/mol. The van der Waals surface area contributed by atoms with Crippen LogP contribution < -0.4 is 4.74 Å². The highest BCUT2D eigenvalue weighted by Gasteiger charge is 2.29. The normalized spacial score (nSPS) is 13.2. The molecule has 1 aliphatic heterocycles. The second kappa shape index (κ2) is 8.88. The standard InChI is InChI=1S/C27H28N8O2/c1-5-33-16-28-30-26(33)25-21-15-34(12-11-23(21)32(3)31-25)27(36)18-9-10-24-22(13-18)29-17(2)35(24)19-7-6-8-20(14-19)37-4/h6-10,13-14,16H,5,11-12,15H2,1-4H3. The zero-order valence-corrected chi connectivity index (χ0v) is 21.3. The third-order valence-electron chi connectivity index (χ3n) is 7.08. The summed E-state index contributed by atoms with van der Waals surface area (Å²) in [5.74, 6) is 2.33. The molecule has 1 aliphatic rings. The average Bonchev–Trinajstić information content (AvgIpc) is 3.62. The summed E-state index contributed by atoms with van der Waals surface area (Å²) in [6.45, 7) is 5.86. The lowest BCUT2D eigenvalue weighted by Gasteiger charge is -2.27. The Bertz CT molecular complexity index is 1640. The van der Waals surface area contributed by atoms with Gasteiger partial charge in [-0.3, -0.25) is 14.0 Å². The van der Waals surface area contributed by atoms with Gasteiger partial charge in [0, 0.05) is 49.4 Å². The van der Waals surface area contributed by atoms with Crippen LogP contribution in [0.4, 0.5) is 0 Å². The van der Waals surface area contributed by atoms with Crippen molar-refractivity contribution in [3.63, 3.8) is 0 Å². The fraction of sp³-hybridized carbons (Fsp3) is 0.296. The topological polar surface area (TPSA) is 95.9 Å². The van der Waals surface area contributed by atoms with Crippen molar-refractivity contribution < 1.29 is 9.53 Å². The molecule has 0 radical (unpaired) electrons. The molecule has 10 nitrogen and oxygen atoms in total. The van der Waals surface area contributed by atoms with Crippen molar-refractivity contribution in [1.82, 2.24) is 39.0 Å². The summed E-state index contributed by atoms with van der Waals surface area (Å²) in [6.07, 6.45) is 2.45. The van der Waals surface area contributed by atoms with Crippen LogP contribution >= 0.6 is 0 Å². The van der Waals surface area contributed by atoms with E-state index >= 15 is 0 Å². The lowest BCUT2D eigenvalue weighted by Crippen LogP contribution is -2.36. The van der Waals surface area contributed by atoms with E-state index in [-0.39, 0.29) is 5.91 Å². The predicted octanol–water partition coefficient (Wildman–Crippen LogP) is 3.55. The Morgan fingerprint density at radius 2 is 2.03 bits per heavy atom. The summed E-state index contributed by atoms with van der Waals surface area (Å²) in [5, 5.41) is 13.1. The highest BCUT2D eigenvalue weighted by atomic mass is 16.5. The third kappa shape index (κ3) is 3.76. The number of fused-ring (bicyclic) bond motifs is 2. The van der Waals surface area contributed by atoms with Gasteiger partial charge in [-0.25, -0.2) is 4.98 Å². The van der Waals surface area contributed by atoms with Gasteiger partial charge in [-0.15, -0.1) is 10.2 Å². The first-order chi connectivity index (χ1) is 18.0. The number of amides is 1. The largest absolute Gasteiger partial charge is 0.497 e. The highest BCUT2D eigenvalue weighted by Crippen LogP contribution is 2.30. The fourth-order valence-corrected chi connectivity index (χ4v) is 5.21. The summed E-state index contributed by atoms with van der Waals surface area (Å²) in [4.78, 5) is 20.3. The van der Waals surface area contributed by atoms with Crippen molar-refractivity contribution >= 4 is 16.9 Å². The smallest absolute Gasteiger partial charge is 0.254 e. The van der Waals surface area contributed by atoms with E-state index in [1.165, 1.54) is 0 Å².